The zero-order chi connectivity index (χ0) is 12.9. The van der Waals surface area contributed by atoms with Gasteiger partial charge in [-0.1, -0.05) is 6.42 Å². The fraction of sp³-hybridized carbons (Fsp3) is 0.385. The molecule has 0 aromatic heterocycles. The fourth-order valence-corrected chi connectivity index (χ4v) is 2.97. The average Bonchev–Trinajstić information content (AvgIpc) is 2.87. The van der Waals surface area contributed by atoms with Crippen molar-refractivity contribution in [3.8, 4) is 5.75 Å². The van der Waals surface area contributed by atoms with Crippen LogP contribution in [0.25, 0.3) is 0 Å². The predicted octanol–water partition coefficient (Wildman–Crippen LogP) is 1.26. The molecule has 1 heterocycles. The lowest BCUT2D eigenvalue weighted by Crippen LogP contribution is -2.32. The van der Waals surface area contributed by atoms with Gasteiger partial charge in [-0.3, -0.25) is 9.59 Å². The van der Waals surface area contributed by atoms with Crippen LogP contribution < -0.4 is 10.6 Å². The van der Waals surface area contributed by atoms with Gasteiger partial charge in [-0.25, -0.2) is 4.90 Å². The number of amides is 2. The molecular formula is C13H14N2O3. The minimum Gasteiger partial charge on any atom is -0.508 e. The number of hydrogen-bond acceptors (Lipinski definition) is 4. The van der Waals surface area contributed by atoms with Gasteiger partial charge >= 0.3 is 0 Å². The summed E-state index contributed by atoms with van der Waals surface area (Å²) in [6.07, 6.45) is 2.50. The number of imide groups is 1. The summed E-state index contributed by atoms with van der Waals surface area (Å²) in [4.78, 5) is 25.6. The Morgan fingerprint density at radius 2 is 1.78 bits per heavy atom. The van der Waals surface area contributed by atoms with Crippen LogP contribution in [-0.4, -0.2) is 16.9 Å². The minimum absolute atomic E-state index is 0.0236. The Hall–Kier alpha value is -2.04. The third-order valence-corrected chi connectivity index (χ3v) is 3.84. The van der Waals surface area contributed by atoms with Gasteiger partial charge in [0.25, 0.3) is 0 Å². The number of rotatable bonds is 1. The molecule has 3 rings (SSSR count). The lowest BCUT2D eigenvalue weighted by Gasteiger charge is -2.17. The molecule has 0 bridgehead atoms. The smallest absolute Gasteiger partial charge is 0.237 e. The molecule has 2 amide bonds. The molecule has 1 aliphatic carbocycles. The highest BCUT2D eigenvalue weighted by atomic mass is 16.3. The molecule has 2 unspecified atom stereocenters. The summed E-state index contributed by atoms with van der Waals surface area (Å²) in [6.45, 7) is 0. The Morgan fingerprint density at radius 1 is 1.17 bits per heavy atom. The summed E-state index contributed by atoms with van der Waals surface area (Å²) in [6, 6.07) is 4.30. The largest absolute Gasteiger partial charge is 0.508 e. The maximum absolute atomic E-state index is 12.2. The second-order valence-corrected chi connectivity index (χ2v) is 4.90. The van der Waals surface area contributed by atoms with Crippen LogP contribution in [-0.2, 0) is 9.59 Å². The first-order valence-corrected chi connectivity index (χ1v) is 6.06. The van der Waals surface area contributed by atoms with Crippen molar-refractivity contribution in [3.05, 3.63) is 18.2 Å². The number of carbonyl (C=O) groups is 2. The first-order valence-electron chi connectivity index (χ1n) is 6.06. The van der Waals surface area contributed by atoms with E-state index in [1.807, 2.05) is 0 Å². The number of fused-ring (bicyclic) bond motifs is 1. The van der Waals surface area contributed by atoms with Crippen molar-refractivity contribution >= 4 is 23.2 Å². The SMILES string of the molecule is Nc1cc(O)ccc1N1C(=O)C2CCCC2C1=O. The van der Waals surface area contributed by atoms with Crippen molar-refractivity contribution in [1.82, 2.24) is 0 Å². The number of hydrogen-bond donors (Lipinski definition) is 2. The number of carbonyl (C=O) groups excluding carboxylic acids is 2. The van der Waals surface area contributed by atoms with Crippen LogP contribution in [0.4, 0.5) is 11.4 Å². The zero-order valence-corrected chi connectivity index (χ0v) is 9.80. The van der Waals surface area contributed by atoms with Crippen LogP contribution in [0.3, 0.4) is 0 Å². The molecular weight excluding hydrogens is 232 g/mol. The molecule has 1 saturated carbocycles. The van der Waals surface area contributed by atoms with E-state index in [-0.39, 0.29) is 35.1 Å². The molecule has 1 aromatic carbocycles. The van der Waals surface area contributed by atoms with Crippen LogP contribution in [0, 0.1) is 11.8 Å². The summed E-state index contributed by atoms with van der Waals surface area (Å²) in [5.41, 5.74) is 6.40. The monoisotopic (exact) mass is 246 g/mol. The Morgan fingerprint density at radius 3 is 2.33 bits per heavy atom. The summed E-state index contributed by atoms with van der Waals surface area (Å²) >= 11 is 0. The topological polar surface area (TPSA) is 83.6 Å². The van der Waals surface area contributed by atoms with E-state index in [9.17, 15) is 14.7 Å². The normalized spacial score (nSPS) is 26.8. The molecule has 0 radical (unpaired) electrons. The van der Waals surface area contributed by atoms with Gasteiger partial charge in [0.2, 0.25) is 11.8 Å². The number of phenolic OH excluding ortho intramolecular Hbond substituents is 1. The van der Waals surface area contributed by atoms with E-state index in [0.29, 0.717) is 5.69 Å². The van der Waals surface area contributed by atoms with E-state index in [4.69, 9.17) is 5.73 Å². The third-order valence-electron chi connectivity index (χ3n) is 3.84. The molecule has 1 saturated heterocycles. The van der Waals surface area contributed by atoms with Crippen molar-refractivity contribution < 1.29 is 14.7 Å². The molecule has 1 aliphatic heterocycles. The highest BCUT2D eigenvalue weighted by Gasteiger charge is 2.50. The van der Waals surface area contributed by atoms with Crippen LogP contribution in [0.1, 0.15) is 19.3 Å². The Kier molecular flexibility index (Phi) is 2.29. The van der Waals surface area contributed by atoms with E-state index in [1.54, 1.807) is 0 Å². The predicted molar refractivity (Wildman–Crippen MR) is 65.8 cm³/mol. The lowest BCUT2D eigenvalue weighted by atomic mass is 10.00. The Labute approximate surface area is 104 Å². The first kappa shape index (κ1) is 11.1. The first-order chi connectivity index (χ1) is 8.59. The Balaban J connectivity index is 2.02. The second-order valence-electron chi connectivity index (χ2n) is 4.90. The average molecular weight is 246 g/mol. The van der Waals surface area contributed by atoms with E-state index < -0.39 is 0 Å². The number of benzene rings is 1. The molecule has 2 fully saturated rings. The number of anilines is 2. The molecule has 5 heteroatoms. The van der Waals surface area contributed by atoms with Gasteiger partial charge in [-0.05, 0) is 25.0 Å². The van der Waals surface area contributed by atoms with Gasteiger partial charge in [-0.2, -0.15) is 0 Å². The number of nitrogens with zero attached hydrogens (tertiary/aromatic N) is 1. The fourth-order valence-electron chi connectivity index (χ4n) is 2.97. The molecule has 0 spiro atoms. The Bertz CT molecular complexity index is 519. The van der Waals surface area contributed by atoms with Gasteiger partial charge in [0.15, 0.2) is 0 Å². The second kappa shape index (κ2) is 3.73. The van der Waals surface area contributed by atoms with Crippen LogP contribution in [0.2, 0.25) is 0 Å². The van der Waals surface area contributed by atoms with Crippen molar-refractivity contribution in [1.29, 1.82) is 0 Å². The highest BCUT2D eigenvalue weighted by molar-refractivity contribution is 6.23. The number of aromatic hydroxyl groups is 1. The van der Waals surface area contributed by atoms with Crippen LogP contribution in [0.15, 0.2) is 18.2 Å². The van der Waals surface area contributed by atoms with Crippen molar-refractivity contribution in [2.24, 2.45) is 11.8 Å². The standard InChI is InChI=1S/C13H14N2O3/c14-10-6-7(16)4-5-11(10)15-12(17)8-2-1-3-9(8)13(15)18/h4-6,8-9,16H,1-3,14H2. The van der Waals surface area contributed by atoms with Crippen molar-refractivity contribution in [3.63, 3.8) is 0 Å². The van der Waals surface area contributed by atoms with E-state index in [0.717, 1.165) is 19.3 Å². The van der Waals surface area contributed by atoms with E-state index >= 15 is 0 Å². The molecule has 94 valence electrons. The number of nitrogens with two attached hydrogens (primary N) is 1. The summed E-state index contributed by atoms with van der Waals surface area (Å²) in [5, 5.41) is 9.31. The zero-order valence-electron chi connectivity index (χ0n) is 9.80. The highest BCUT2D eigenvalue weighted by Crippen LogP contribution is 2.43. The molecule has 5 nitrogen and oxygen atoms in total. The minimum atomic E-state index is -0.175. The lowest BCUT2D eigenvalue weighted by molar-refractivity contribution is -0.122. The molecule has 2 aliphatic rings. The summed E-state index contributed by atoms with van der Waals surface area (Å²) < 4.78 is 0. The molecule has 2 atom stereocenters. The van der Waals surface area contributed by atoms with Gasteiger partial charge in [0, 0.05) is 6.07 Å². The third kappa shape index (κ3) is 1.40. The molecule has 3 N–H and O–H groups in total. The van der Waals surface area contributed by atoms with Gasteiger partial charge in [-0.15, -0.1) is 0 Å². The van der Waals surface area contributed by atoms with Crippen LogP contribution >= 0.6 is 0 Å². The van der Waals surface area contributed by atoms with Crippen molar-refractivity contribution in [2.75, 3.05) is 10.6 Å². The number of phenols is 1. The van der Waals surface area contributed by atoms with Crippen LogP contribution in [0.5, 0.6) is 5.75 Å². The van der Waals surface area contributed by atoms with E-state index in [1.165, 1.54) is 23.1 Å². The van der Waals surface area contributed by atoms with E-state index in [2.05, 4.69) is 0 Å². The van der Waals surface area contributed by atoms with Crippen molar-refractivity contribution in [2.45, 2.75) is 19.3 Å². The quantitative estimate of drug-likeness (QED) is 0.577. The van der Waals surface area contributed by atoms with Gasteiger partial charge in [0.05, 0.1) is 23.2 Å². The summed E-state index contributed by atoms with van der Waals surface area (Å²) in [7, 11) is 0. The molecule has 1 aromatic rings. The maximum Gasteiger partial charge on any atom is 0.237 e. The molecule has 18 heavy (non-hydrogen) atoms. The maximum atomic E-state index is 12.2. The van der Waals surface area contributed by atoms with Gasteiger partial charge in [0.1, 0.15) is 5.75 Å². The number of nitrogen functional groups attached to an aromatic ring is 1. The summed E-state index contributed by atoms with van der Waals surface area (Å²) in [5.74, 6) is -0.633. The van der Waals surface area contributed by atoms with Gasteiger partial charge < -0.3 is 10.8 Å².